The number of aryl methyl sites for hydroxylation is 1. The van der Waals surface area contributed by atoms with E-state index in [0.29, 0.717) is 32.0 Å². The molecule has 1 aromatic heterocycles. The first-order chi connectivity index (χ1) is 17.8. The zero-order valence-corrected chi connectivity index (χ0v) is 21.8. The fraction of sp³-hybridized carbons (Fsp3) is 0.370. The summed E-state index contributed by atoms with van der Waals surface area (Å²) < 4.78 is 62.7. The molecule has 0 aliphatic carbocycles. The van der Waals surface area contributed by atoms with Crippen molar-refractivity contribution in [1.29, 1.82) is 0 Å². The number of rotatable bonds is 6. The van der Waals surface area contributed by atoms with Gasteiger partial charge in [0.25, 0.3) is 0 Å². The van der Waals surface area contributed by atoms with Crippen LogP contribution >= 0.6 is 0 Å². The molecule has 5 rings (SSSR count). The Morgan fingerprint density at radius 1 is 0.892 bits per heavy atom. The van der Waals surface area contributed by atoms with Gasteiger partial charge in [0.1, 0.15) is 0 Å². The number of hydrogen-bond donors (Lipinski definition) is 0. The molecule has 7 nitrogen and oxygen atoms in total. The van der Waals surface area contributed by atoms with Crippen LogP contribution in [0, 0.1) is 25.5 Å². The number of halogens is 2. The van der Waals surface area contributed by atoms with Crippen LogP contribution in [0.2, 0.25) is 0 Å². The third kappa shape index (κ3) is 5.05. The first-order valence-corrected chi connectivity index (χ1v) is 13.8. The van der Waals surface area contributed by atoms with Gasteiger partial charge in [0.05, 0.1) is 35.2 Å². The van der Waals surface area contributed by atoms with Gasteiger partial charge in [0, 0.05) is 55.4 Å². The van der Waals surface area contributed by atoms with Gasteiger partial charge in [-0.1, -0.05) is 0 Å². The maximum Gasteiger partial charge on any atom is 0.243 e. The Morgan fingerprint density at radius 2 is 1.62 bits per heavy atom. The number of aliphatic imine (C=N–C) groups is 1. The fourth-order valence-corrected chi connectivity index (χ4v) is 6.43. The van der Waals surface area contributed by atoms with Gasteiger partial charge < -0.3 is 14.2 Å². The van der Waals surface area contributed by atoms with Crippen LogP contribution in [0.1, 0.15) is 29.8 Å². The fourth-order valence-electron chi connectivity index (χ4n) is 5.00. The van der Waals surface area contributed by atoms with Crippen LogP contribution in [0.4, 0.5) is 20.2 Å². The molecule has 2 aliphatic rings. The number of sulfonamides is 1. The number of benzene rings is 2. The van der Waals surface area contributed by atoms with E-state index in [1.165, 1.54) is 10.4 Å². The Kier molecular flexibility index (Phi) is 7.15. The minimum absolute atomic E-state index is 0.247. The van der Waals surface area contributed by atoms with E-state index in [4.69, 9.17) is 4.74 Å². The zero-order chi connectivity index (χ0) is 26.2. The smallest absolute Gasteiger partial charge is 0.243 e. The van der Waals surface area contributed by atoms with Gasteiger partial charge in [-0.15, -0.1) is 0 Å². The summed E-state index contributed by atoms with van der Waals surface area (Å²) in [5.74, 6) is -1.87. The number of anilines is 1. The SMILES string of the molecule is Cc1cc(C=Nc2ccc(F)c(F)c2)c(C)n1-c1cc(S(=O)(=O)N2CCOCC2)ccc1N1CCCC1. The number of hydrogen-bond acceptors (Lipinski definition) is 5. The molecule has 0 N–H and O–H groups in total. The molecule has 0 saturated carbocycles. The molecule has 0 spiro atoms. The highest BCUT2D eigenvalue weighted by Gasteiger charge is 2.28. The monoisotopic (exact) mass is 528 g/mol. The average Bonchev–Trinajstić information content (AvgIpc) is 3.53. The lowest BCUT2D eigenvalue weighted by Crippen LogP contribution is -2.40. The number of aromatic nitrogens is 1. The Balaban J connectivity index is 1.57. The molecule has 3 heterocycles. The normalized spacial score (nSPS) is 17.2. The largest absolute Gasteiger partial charge is 0.379 e. The lowest BCUT2D eigenvalue weighted by atomic mass is 10.2. The summed E-state index contributed by atoms with van der Waals surface area (Å²) >= 11 is 0. The molecule has 2 fully saturated rings. The summed E-state index contributed by atoms with van der Waals surface area (Å²) in [4.78, 5) is 6.87. The maximum atomic E-state index is 13.6. The molecular weight excluding hydrogens is 498 g/mol. The molecule has 2 aliphatic heterocycles. The minimum atomic E-state index is -3.68. The number of morpholine rings is 1. The molecule has 0 radical (unpaired) electrons. The highest BCUT2D eigenvalue weighted by Crippen LogP contribution is 2.34. The average molecular weight is 529 g/mol. The first-order valence-electron chi connectivity index (χ1n) is 12.4. The summed E-state index contributed by atoms with van der Waals surface area (Å²) in [6, 6.07) is 10.8. The van der Waals surface area contributed by atoms with Gasteiger partial charge in [0.15, 0.2) is 11.6 Å². The number of nitrogens with zero attached hydrogens (tertiary/aromatic N) is 4. The van der Waals surface area contributed by atoms with Crippen molar-refractivity contribution in [2.24, 2.45) is 4.99 Å². The van der Waals surface area contributed by atoms with Crippen molar-refractivity contribution in [3.05, 3.63) is 71.1 Å². The minimum Gasteiger partial charge on any atom is -0.379 e. The van der Waals surface area contributed by atoms with E-state index in [1.807, 2.05) is 30.5 Å². The van der Waals surface area contributed by atoms with Crippen molar-refractivity contribution in [2.75, 3.05) is 44.3 Å². The lowest BCUT2D eigenvalue weighted by molar-refractivity contribution is 0.0730. The van der Waals surface area contributed by atoms with Crippen LogP contribution in [0.5, 0.6) is 0 Å². The van der Waals surface area contributed by atoms with Crippen molar-refractivity contribution in [3.8, 4) is 5.69 Å². The van der Waals surface area contributed by atoms with E-state index in [0.717, 1.165) is 66.4 Å². The van der Waals surface area contributed by atoms with E-state index in [-0.39, 0.29) is 4.90 Å². The maximum absolute atomic E-state index is 13.6. The van der Waals surface area contributed by atoms with Gasteiger partial charge in [-0.25, -0.2) is 17.2 Å². The van der Waals surface area contributed by atoms with Crippen LogP contribution in [-0.4, -0.2) is 62.9 Å². The van der Waals surface area contributed by atoms with Gasteiger partial charge >= 0.3 is 0 Å². The van der Waals surface area contributed by atoms with Gasteiger partial charge in [-0.05, 0) is 63.1 Å². The zero-order valence-electron chi connectivity index (χ0n) is 21.0. The molecular formula is C27H30F2N4O3S. The predicted octanol–water partition coefficient (Wildman–Crippen LogP) is 4.74. The van der Waals surface area contributed by atoms with Gasteiger partial charge in [0.2, 0.25) is 10.0 Å². The molecule has 0 atom stereocenters. The van der Waals surface area contributed by atoms with Gasteiger partial charge in [-0.2, -0.15) is 4.31 Å². The summed E-state index contributed by atoms with van der Waals surface area (Å²) in [5, 5.41) is 0. The molecule has 2 aromatic carbocycles. The van der Waals surface area contributed by atoms with Crippen molar-refractivity contribution in [2.45, 2.75) is 31.6 Å². The van der Waals surface area contributed by atoms with Crippen molar-refractivity contribution in [1.82, 2.24) is 8.87 Å². The summed E-state index contributed by atoms with van der Waals surface area (Å²) in [6.45, 7) is 7.15. The quantitative estimate of drug-likeness (QED) is 0.434. The predicted molar refractivity (Wildman–Crippen MR) is 140 cm³/mol. The Hall–Kier alpha value is -3.08. The van der Waals surface area contributed by atoms with Crippen LogP contribution in [0.3, 0.4) is 0 Å². The molecule has 196 valence electrons. The Bertz CT molecular complexity index is 1440. The van der Waals surface area contributed by atoms with E-state index in [2.05, 4.69) is 9.89 Å². The van der Waals surface area contributed by atoms with Crippen LogP contribution < -0.4 is 4.90 Å². The van der Waals surface area contributed by atoms with E-state index < -0.39 is 21.7 Å². The second-order valence-electron chi connectivity index (χ2n) is 9.38. The highest BCUT2D eigenvalue weighted by molar-refractivity contribution is 7.89. The van der Waals surface area contributed by atoms with E-state index in [1.54, 1.807) is 18.3 Å². The van der Waals surface area contributed by atoms with Crippen molar-refractivity contribution in [3.63, 3.8) is 0 Å². The summed E-state index contributed by atoms with van der Waals surface area (Å²) in [5.41, 5.74) is 4.65. The second-order valence-corrected chi connectivity index (χ2v) is 11.3. The molecule has 0 bridgehead atoms. The molecule has 37 heavy (non-hydrogen) atoms. The van der Waals surface area contributed by atoms with Crippen molar-refractivity contribution < 1.29 is 21.9 Å². The Morgan fingerprint density at radius 3 is 2.32 bits per heavy atom. The third-order valence-electron chi connectivity index (χ3n) is 6.97. The third-order valence-corrected chi connectivity index (χ3v) is 8.86. The van der Waals surface area contributed by atoms with E-state index >= 15 is 0 Å². The Labute approximate surface area is 216 Å². The first kappa shape index (κ1) is 25.6. The highest BCUT2D eigenvalue weighted by atomic mass is 32.2. The molecule has 2 saturated heterocycles. The summed E-state index contributed by atoms with van der Waals surface area (Å²) in [6.07, 6.45) is 3.79. The lowest BCUT2D eigenvalue weighted by Gasteiger charge is -2.28. The molecule has 10 heteroatoms. The topological polar surface area (TPSA) is 67.1 Å². The van der Waals surface area contributed by atoms with Gasteiger partial charge in [-0.3, -0.25) is 4.99 Å². The van der Waals surface area contributed by atoms with Crippen LogP contribution in [0.25, 0.3) is 5.69 Å². The van der Waals surface area contributed by atoms with Crippen molar-refractivity contribution >= 4 is 27.6 Å². The number of ether oxygens (including phenoxy) is 1. The van der Waals surface area contributed by atoms with E-state index in [9.17, 15) is 17.2 Å². The summed E-state index contributed by atoms with van der Waals surface area (Å²) in [7, 11) is -3.68. The molecule has 3 aromatic rings. The second kappa shape index (κ2) is 10.4. The van der Waals surface area contributed by atoms with Crippen LogP contribution in [-0.2, 0) is 14.8 Å². The standard InChI is InChI=1S/C27H30F2N4O3S/c1-19-15-21(18-30-22-5-7-24(28)25(29)16-22)20(2)33(19)27-17-23(6-8-26(27)31-9-3-4-10-31)37(34,35)32-11-13-36-14-12-32/h5-8,15-18H,3-4,9-14H2,1-2H3. The molecule has 0 unspecified atom stereocenters. The molecule has 0 amide bonds. The van der Waals surface area contributed by atoms with Crippen LogP contribution in [0.15, 0.2) is 52.4 Å².